The maximum atomic E-state index is 12.9. The Morgan fingerprint density at radius 1 is 1.11 bits per heavy atom. The molecule has 2 unspecified atom stereocenters. The summed E-state index contributed by atoms with van der Waals surface area (Å²) in [5, 5.41) is 0. The summed E-state index contributed by atoms with van der Waals surface area (Å²) in [7, 11) is 0. The van der Waals surface area contributed by atoms with Crippen molar-refractivity contribution in [3.05, 3.63) is 100 Å². The van der Waals surface area contributed by atoms with Crippen LogP contribution in [0.25, 0.3) is 28.2 Å². The van der Waals surface area contributed by atoms with E-state index in [0.29, 0.717) is 29.5 Å². The normalized spacial score (nSPS) is 17.7. The largest absolute Gasteiger partial charge is 0.328 e. The molecule has 0 saturated heterocycles. The van der Waals surface area contributed by atoms with Crippen molar-refractivity contribution in [1.29, 1.82) is 0 Å². The highest BCUT2D eigenvalue weighted by atomic mass is 16.1. The van der Waals surface area contributed by atoms with Gasteiger partial charge in [0.05, 0.1) is 24.1 Å². The minimum atomic E-state index is -0.192. The SMILES string of the molecule is Cc1cn2ccnc2c(C2C=CC(Cn3c(=O)[nH]c4cnc(-c5ccccc5C(C)C)nc43)=CC2C)n1. The second-order valence-corrected chi connectivity index (χ2v) is 10.1. The van der Waals surface area contributed by atoms with Crippen molar-refractivity contribution in [2.24, 2.45) is 5.92 Å². The predicted molar refractivity (Wildman–Crippen MR) is 145 cm³/mol. The van der Waals surface area contributed by atoms with E-state index >= 15 is 0 Å². The number of H-pyrrole nitrogens is 1. The lowest BCUT2D eigenvalue weighted by Crippen LogP contribution is -2.20. The maximum Gasteiger partial charge on any atom is 0.328 e. The first-order valence-electron chi connectivity index (χ1n) is 12.6. The van der Waals surface area contributed by atoms with Crippen LogP contribution in [-0.4, -0.2) is 33.9 Å². The maximum absolute atomic E-state index is 12.9. The summed E-state index contributed by atoms with van der Waals surface area (Å²) < 4.78 is 3.72. The molecule has 0 amide bonds. The van der Waals surface area contributed by atoms with Crippen LogP contribution in [0.5, 0.6) is 0 Å². The fourth-order valence-corrected chi connectivity index (χ4v) is 5.26. The van der Waals surface area contributed by atoms with Gasteiger partial charge in [-0.25, -0.2) is 19.7 Å². The number of hydrogen-bond acceptors (Lipinski definition) is 5. The molecular formula is C29H29N7O. The van der Waals surface area contributed by atoms with E-state index in [9.17, 15) is 4.79 Å². The summed E-state index contributed by atoms with van der Waals surface area (Å²) in [6.07, 6.45) is 13.9. The zero-order chi connectivity index (χ0) is 25.7. The summed E-state index contributed by atoms with van der Waals surface area (Å²) in [6.45, 7) is 8.92. The van der Waals surface area contributed by atoms with Crippen LogP contribution in [0.2, 0.25) is 0 Å². The second kappa shape index (κ2) is 8.96. The molecule has 0 aliphatic heterocycles. The second-order valence-electron chi connectivity index (χ2n) is 10.1. The first-order valence-corrected chi connectivity index (χ1v) is 12.6. The van der Waals surface area contributed by atoms with Gasteiger partial charge in [0, 0.05) is 30.1 Å². The number of benzene rings is 1. The Labute approximate surface area is 214 Å². The Morgan fingerprint density at radius 3 is 2.76 bits per heavy atom. The lowest BCUT2D eigenvalue weighted by Gasteiger charge is -2.23. The minimum Gasteiger partial charge on any atom is -0.304 e. The van der Waals surface area contributed by atoms with Gasteiger partial charge in [0.2, 0.25) is 0 Å². The third-order valence-corrected chi connectivity index (χ3v) is 7.07. The third-order valence-electron chi connectivity index (χ3n) is 7.07. The number of aryl methyl sites for hydroxylation is 1. The number of fused-ring (bicyclic) bond motifs is 2. The molecule has 6 rings (SSSR count). The van der Waals surface area contributed by atoms with Gasteiger partial charge in [0.15, 0.2) is 17.1 Å². The van der Waals surface area contributed by atoms with Crippen LogP contribution < -0.4 is 5.69 Å². The van der Waals surface area contributed by atoms with Crippen molar-refractivity contribution in [1.82, 2.24) is 33.9 Å². The molecule has 0 spiro atoms. The predicted octanol–water partition coefficient (Wildman–Crippen LogP) is 5.18. The summed E-state index contributed by atoms with van der Waals surface area (Å²) in [4.78, 5) is 34.6. The number of nitrogens with one attached hydrogen (secondary N) is 1. The summed E-state index contributed by atoms with van der Waals surface area (Å²) in [5.41, 5.74) is 7.07. The lowest BCUT2D eigenvalue weighted by atomic mass is 9.84. The van der Waals surface area contributed by atoms with Gasteiger partial charge in [-0.3, -0.25) is 9.55 Å². The molecule has 186 valence electrons. The molecule has 8 nitrogen and oxygen atoms in total. The Hall–Kier alpha value is -4.33. The molecule has 0 saturated carbocycles. The van der Waals surface area contributed by atoms with Gasteiger partial charge < -0.3 is 9.38 Å². The number of rotatable bonds is 5. The highest BCUT2D eigenvalue weighted by molar-refractivity contribution is 5.74. The molecular weight excluding hydrogens is 462 g/mol. The van der Waals surface area contributed by atoms with Gasteiger partial charge in [-0.1, -0.05) is 63.3 Å². The molecule has 0 bridgehead atoms. The van der Waals surface area contributed by atoms with E-state index in [2.05, 4.69) is 60.0 Å². The van der Waals surface area contributed by atoms with E-state index in [1.165, 1.54) is 5.56 Å². The Morgan fingerprint density at radius 2 is 1.95 bits per heavy atom. The number of aromatic nitrogens is 7. The van der Waals surface area contributed by atoms with Crippen molar-refractivity contribution in [3.8, 4) is 11.4 Å². The van der Waals surface area contributed by atoms with Gasteiger partial charge in [-0.2, -0.15) is 0 Å². The molecule has 37 heavy (non-hydrogen) atoms. The smallest absolute Gasteiger partial charge is 0.304 e. The van der Waals surface area contributed by atoms with E-state index in [1.807, 2.05) is 41.9 Å². The van der Waals surface area contributed by atoms with Gasteiger partial charge in [-0.05, 0) is 29.9 Å². The first-order chi connectivity index (χ1) is 17.9. The Balaban J connectivity index is 1.34. The first kappa shape index (κ1) is 23.1. The van der Waals surface area contributed by atoms with E-state index in [1.54, 1.807) is 17.0 Å². The van der Waals surface area contributed by atoms with Crippen LogP contribution in [0.1, 0.15) is 49.6 Å². The topological polar surface area (TPSA) is 93.8 Å². The monoisotopic (exact) mass is 491 g/mol. The number of allylic oxidation sites excluding steroid dienone is 4. The van der Waals surface area contributed by atoms with Gasteiger partial charge in [0.25, 0.3) is 0 Å². The van der Waals surface area contributed by atoms with Crippen molar-refractivity contribution in [3.63, 3.8) is 0 Å². The van der Waals surface area contributed by atoms with Crippen LogP contribution >= 0.6 is 0 Å². The van der Waals surface area contributed by atoms with Crippen molar-refractivity contribution in [2.45, 2.75) is 46.1 Å². The van der Waals surface area contributed by atoms with Gasteiger partial charge in [-0.15, -0.1) is 0 Å². The average molecular weight is 492 g/mol. The number of nitrogens with zero attached hydrogens (tertiary/aromatic N) is 6. The highest BCUT2D eigenvalue weighted by Gasteiger charge is 2.24. The third kappa shape index (κ3) is 4.08. The van der Waals surface area contributed by atoms with E-state index in [0.717, 1.165) is 28.2 Å². The van der Waals surface area contributed by atoms with Crippen molar-refractivity contribution >= 4 is 16.8 Å². The summed E-state index contributed by atoms with van der Waals surface area (Å²) in [6, 6.07) is 8.17. The van der Waals surface area contributed by atoms with Crippen LogP contribution in [0, 0.1) is 12.8 Å². The number of hydrogen-bond donors (Lipinski definition) is 1. The molecule has 5 aromatic rings. The molecule has 1 aliphatic rings. The highest BCUT2D eigenvalue weighted by Crippen LogP contribution is 2.33. The van der Waals surface area contributed by atoms with Crippen LogP contribution in [0.3, 0.4) is 0 Å². The van der Waals surface area contributed by atoms with Crippen molar-refractivity contribution in [2.75, 3.05) is 0 Å². The summed E-state index contributed by atoms with van der Waals surface area (Å²) >= 11 is 0. The van der Waals surface area contributed by atoms with Crippen molar-refractivity contribution < 1.29 is 0 Å². The van der Waals surface area contributed by atoms with E-state index < -0.39 is 0 Å². The fourth-order valence-electron chi connectivity index (χ4n) is 5.26. The Bertz CT molecular complexity index is 1750. The van der Waals surface area contributed by atoms with Crippen LogP contribution in [0.15, 0.2) is 77.6 Å². The standard InChI is InChI=1S/C29H29N7O/c1-17(2)21-7-5-6-8-23(21)26-31-14-24-27(34-26)36(29(37)33-24)16-20-9-10-22(18(3)13-20)25-28-30-11-12-35(28)15-19(4)32-25/h5-15,17-18,22H,16H2,1-4H3,(H,33,37). The Kier molecular flexibility index (Phi) is 5.59. The zero-order valence-electron chi connectivity index (χ0n) is 21.4. The molecule has 1 N–H and O–H groups in total. The number of aromatic amines is 1. The molecule has 1 aromatic carbocycles. The average Bonchev–Trinajstić information content (AvgIpc) is 3.47. The lowest BCUT2D eigenvalue weighted by molar-refractivity contribution is 0.605. The molecule has 0 radical (unpaired) electrons. The molecule has 4 heterocycles. The summed E-state index contributed by atoms with van der Waals surface area (Å²) in [5.74, 6) is 1.26. The quantitative estimate of drug-likeness (QED) is 0.366. The minimum absolute atomic E-state index is 0.106. The number of imidazole rings is 2. The zero-order valence-corrected chi connectivity index (χ0v) is 21.4. The molecule has 0 fully saturated rings. The fraction of sp³-hybridized carbons (Fsp3) is 0.276. The van der Waals surface area contributed by atoms with Gasteiger partial charge in [0.1, 0.15) is 5.52 Å². The molecule has 2 atom stereocenters. The molecule has 4 aromatic heterocycles. The van der Waals surface area contributed by atoms with Crippen LogP contribution in [0.4, 0.5) is 0 Å². The van der Waals surface area contributed by atoms with E-state index in [4.69, 9.17) is 9.97 Å². The van der Waals surface area contributed by atoms with E-state index in [-0.39, 0.29) is 17.5 Å². The van der Waals surface area contributed by atoms with Crippen LogP contribution in [-0.2, 0) is 6.54 Å². The molecule has 8 heteroatoms. The molecule has 1 aliphatic carbocycles. The van der Waals surface area contributed by atoms with Gasteiger partial charge >= 0.3 is 5.69 Å².